The lowest BCUT2D eigenvalue weighted by atomic mass is 10.1. The van der Waals surface area contributed by atoms with Gasteiger partial charge in [-0.05, 0) is 31.9 Å². The SMILES string of the molecule is Cl.Clc1csc(CN2C3CCNCC2CC3)c1. The number of fused-ring (bicyclic) bond motifs is 2. The van der Waals surface area contributed by atoms with Gasteiger partial charge in [0.1, 0.15) is 0 Å². The van der Waals surface area contributed by atoms with Crippen LogP contribution in [0.25, 0.3) is 0 Å². The molecule has 96 valence electrons. The Morgan fingerprint density at radius 2 is 2.18 bits per heavy atom. The summed E-state index contributed by atoms with van der Waals surface area (Å²) in [5.41, 5.74) is 0. The van der Waals surface area contributed by atoms with Gasteiger partial charge in [0.25, 0.3) is 0 Å². The summed E-state index contributed by atoms with van der Waals surface area (Å²) in [6, 6.07) is 3.65. The van der Waals surface area contributed by atoms with Gasteiger partial charge >= 0.3 is 0 Å². The molecule has 2 unspecified atom stereocenters. The maximum absolute atomic E-state index is 5.98. The van der Waals surface area contributed by atoms with Crippen LogP contribution < -0.4 is 5.32 Å². The van der Waals surface area contributed by atoms with E-state index in [2.05, 4.69) is 16.3 Å². The Morgan fingerprint density at radius 3 is 2.94 bits per heavy atom. The summed E-state index contributed by atoms with van der Waals surface area (Å²) < 4.78 is 0. The molecular formula is C12H18Cl2N2S. The molecule has 2 aliphatic heterocycles. The maximum atomic E-state index is 5.98. The molecule has 2 bridgehead atoms. The van der Waals surface area contributed by atoms with Crippen LogP contribution >= 0.6 is 35.3 Å². The van der Waals surface area contributed by atoms with Crippen LogP contribution in [0.1, 0.15) is 24.1 Å². The standard InChI is InChI=1S/C12H17ClN2S.ClH/c13-9-5-12(16-8-9)7-15-10-1-2-11(15)6-14-4-3-10;/h5,8,10-11,14H,1-4,6-7H2;1H. The third-order valence-corrected chi connectivity index (χ3v) is 5.03. The Balaban J connectivity index is 0.00000108. The maximum Gasteiger partial charge on any atom is 0.0516 e. The van der Waals surface area contributed by atoms with Crippen LogP contribution in [0.15, 0.2) is 11.4 Å². The van der Waals surface area contributed by atoms with E-state index < -0.39 is 0 Å². The van der Waals surface area contributed by atoms with Gasteiger partial charge in [-0.3, -0.25) is 4.90 Å². The van der Waals surface area contributed by atoms with Crippen molar-refractivity contribution < 1.29 is 0 Å². The van der Waals surface area contributed by atoms with Gasteiger partial charge in [0, 0.05) is 35.4 Å². The Kier molecular flexibility index (Phi) is 4.72. The summed E-state index contributed by atoms with van der Waals surface area (Å²) in [6.45, 7) is 3.44. The molecule has 17 heavy (non-hydrogen) atoms. The van der Waals surface area contributed by atoms with Crippen molar-refractivity contribution in [3.05, 3.63) is 21.3 Å². The van der Waals surface area contributed by atoms with Crippen molar-refractivity contribution in [2.24, 2.45) is 0 Å². The first-order valence-corrected chi connectivity index (χ1v) is 7.28. The van der Waals surface area contributed by atoms with E-state index >= 15 is 0 Å². The average Bonchev–Trinajstić information content (AvgIpc) is 2.72. The van der Waals surface area contributed by atoms with Crippen molar-refractivity contribution in [1.29, 1.82) is 0 Å². The molecule has 0 radical (unpaired) electrons. The molecule has 0 aliphatic carbocycles. The highest BCUT2D eigenvalue weighted by Gasteiger charge is 2.34. The van der Waals surface area contributed by atoms with Crippen molar-refractivity contribution in [3.63, 3.8) is 0 Å². The van der Waals surface area contributed by atoms with Crippen molar-refractivity contribution in [2.45, 2.75) is 37.9 Å². The molecule has 1 aromatic rings. The first kappa shape index (κ1) is 13.6. The van der Waals surface area contributed by atoms with Gasteiger partial charge in [0.2, 0.25) is 0 Å². The Bertz CT molecular complexity index is 355. The number of nitrogens with zero attached hydrogens (tertiary/aromatic N) is 1. The summed E-state index contributed by atoms with van der Waals surface area (Å²) in [5, 5.41) is 6.46. The second kappa shape index (κ2) is 5.89. The van der Waals surface area contributed by atoms with Gasteiger partial charge in [-0.2, -0.15) is 0 Å². The highest BCUT2D eigenvalue weighted by molar-refractivity contribution is 7.10. The topological polar surface area (TPSA) is 15.3 Å². The summed E-state index contributed by atoms with van der Waals surface area (Å²) in [6.07, 6.45) is 4.04. The first-order chi connectivity index (χ1) is 7.83. The summed E-state index contributed by atoms with van der Waals surface area (Å²) >= 11 is 7.77. The normalized spacial score (nSPS) is 28.8. The Labute approximate surface area is 118 Å². The quantitative estimate of drug-likeness (QED) is 0.901. The number of rotatable bonds is 2. The molecule has 2 aliphatic rings. The van der Waals surface area contributed by atoms with Gasteiger partial charge in [-0.1, -0.05) is 11.6 Å². The van der Waals surface area contributed by atoms with Crippen LogP contribution in [-0.2, 0) is 6.54 Å². The van der Waals surface area contributed by atoms with E-state index in [4.69, 9.17) is 11.6 Å². The first-order valence-electron chi connectivity index (χ1n) is 6.02. The van der Waals surface area contributed by atoms with E-state index in [1.165, 1.54) is 30.7 Å². The fourth-order valence-corrected chi connectivity index (χ4v) is 4.04. The lowest BCUT2D eigenvalue weighted by Crippen LogP contribution is -2.37. The fourth-order valence-electron chi connectivity index (χ4n) is 2.96. The van der Waals surface area contributed by atoms with Gasteiger partial charge in [-0.25, -0.2) is 0 Å². The number of hydrogen-bond acceptors (Lipinski definition) is 3. The molecule has 2 saturated heterocycles. The van der Waals surface area contributed by atoms with Crippen LogP contribution in [0.3, 0.4) is 0 Å². The van der Waals surface area contributed by atoms with Crippen LogP contribution in [0.2, 0.25) is 5.02 Å². The van der Waals surface area contributed by atoms with E-state index in [1.54, 1.807) is 11.3 Å². The minimum atomic E-state index is 0. The van der Waals surface area contributed by atoms with Crippen LogP contribution in [-0.4, -0.2) is 30.1 Å². The smallest absolute Gasteiger partial charge is 0.0516 e. The summed E-state index contributed by atoms with van der Waals surface area (Å²) in [5.74, 6) is 0. The Morgan fingerprint density at radius 1 is 1.35 bits per heavy atom. The second-order valence-corrected chi connectivity index (χ2v) is 6.21. The molecular weight excluding hydrogens is 275 g/mol. The monoisotopic (exact) mass is 292 g/mol. The van der Waals surface area contributed by atoms with Crippen LogP contribution in [0, 0.1) is 0 Å². The van der Waals surface area contributed by atoms with Crippen molar-refractivity contribution >= 4 is 35.3 Å². The van der Waals surface area contributed by atoms with E-state index in [1.807, 2.05) is 5.38 Å². The molecule has 3 rings (SSSR count). The predicted octanol–water partition coefficient (Wildman–Crippen LogP) is 3.15. The minimum Gasteiger partial charge on any atom is -0.315 e. The molecule has 0 amide bonds. The van der Waals surface area contributed by atoms with E-state index in [0.717, 1.165) is 30.2 Å². The number of nitrogens with one attached hydrogen (secondary N) is 1. The van der Waals surface area contributed by atoms with E-state index in [9.17, 15) is 0 Å². The molecule has 0 spiro atoms. The van der Waals surface area contributed by atoms with Crippen LogP contribution in [0.4, 0.5) is 0 Å². The summed E-state index contributed by atoms with van der Waals surface area (Å²) in [7, 11) is 0. The highest BCUT2D eigenvalue weighted by Crippen LogP contribution is 2.31. The van der Waals surface area contributed by atoms with Crippen molar-refractivity contribution in [1.82, 2.24) is 10.2 Å². The molecule has 0 saturated carbocycles. The average molecular weight is 293 g/mol. The van der Waals surface area contributed by atoms with Gasteiger partial charge in [-0.15, -0.1) is 23.7 Å². The van der Waals surface area contributed by atoms with Gasteiger partial charge < -0.3 is 5.32 Å². The lowest BCUT2D eigenvalue weighted by molar-refractivity contribution is 0.195. The third-order valence-electron chi connectivity index (χ3n) is 3.77. The molecule has 0 aromatic carbocycles. The lowest BCUT2D eigenvalue weighted by Gasteiger charge is -2.26. The third kappa shape index (κ3) is 2.96. The number of hydrogen-bond donors (Lipinski definition) is 1. The van der Waals surface area contributed by atoms with E-state index in [0.29, 0.717) is 0 Å². The Hall–Kier alpha value is 0.200. The molecule has 3 heterocycles. The molecule has 2 atom stereocenters. The highest BCUT2D eigenvalue weighted by atomic mass is 35.5. The van der Waals surface area contributed by atoms with E-state index in [-0.39, 0.29) is 12.4 Å². The number of thiophene rings is 1. The largest absolute Gasteiger partial charge is 0.315 e. The van der Waals surface area contributed by atoms with Gasteiger partial charge in [0.05, 0.1) is 5.02 Å². The molecule has 2 fully saturated rings. The zero-order chi connectivity index (χ0) is 11.0. The second-order valence-electron chi connectivity index (χ2n) is 4.78. The molecule has 2 nitrogen and oxygen atoms in total. The van der Waals surface area contributed by atoms with Crippen molar-refractivity contribution in [3.8, 4) is 0 Å². The zero-order valence-electron chi connectivity index (χ0n) is 9.69. The molecule has 1 aromatic heterocycles. The molecule has 5 heteroatoms. The van der Waals surface area contributed by atoms with Crippen molar-refractivity contribution in [2.75, 3.05) is 13.1 Å². The minimum absolute atomic E-state index is 0. The fraction of sp³-hybridized carbons (Fsp3) is 0.667. The van der Waals surface area contributed by atoms with Gasteiger partial charge in [0.15, 0.2) is 0 Å². The predicted molar refractivity (Wildman–Crippen MR) is 76.4 cm³/mol. The zero-order valence-corrected chi connectivity index (χ0v) is 12.1. The number of halogens is 2. The molecule has 1 N–H and O–H groups in total. The summed E-state index contributed by atoms with van der Waals surface area (Å²) in [4.78, 5) is 4.09. The van der Waals surface area contributed by atoms with Crippen LogP contribution in [0.5, 0.6) is 0 Å².